The molecule has 2 aliphatic heterocycles. The smallest absolute Gasteiger partial charge is 0.273 e. The zero-order chi connectivity index (χ0) is 29.6. The molecule has 1 amide bonds. The van der Waals surface area contributed by atoms with Crippen LogP contribution in [0.2, 0.25) is 0 Å². The Hall–Kier alpha value is -4.08. The van der Waals surface area contributed by atoms with Gasteiger partial charge in [-0.2, -0.15) is 0 Å². The number of methoxy groups -OCH3 is 2. The molecule has 3 heterocycles. The van der Waals surface area contributed by atoms with Gasteiger partial charge in [-0.25, -0.2) is 4.98 Å². The van der Waals surface area contributed by atoms with Crippen molar-refractivity contribution in [2.45, 2.75) is 38.9 Å². The summed E-state index contributed by atoms with van der Waals surface area (Å²) >= 11 is 1.53. The first-order chi connectivity index (χ1) is 21.1. The predicted molar refractivity (Wildman–Crippen MR) is 166 cm³/mol. The van der Waals surface area contributed by atoms with Crippen molar-refractivity contribution in [3.63, 3.8) is 0 Å². The van der Waals surface area contributed by atoms with Crippen LogP contribution in [0.5, 0.6) is 23.0 Å². The van der Waals surface area contributed by atoms with Gasteiger partial charge < -0.3 is 23.8 Å². The van der Waals surface area contributed by atoms with Gasteiger partial charge in [0.05, 0.1) is 20.8 Å². The number of benzene rings is 3. The minimum absolute atomic E-state index is 0.0276. The highest BCUT2D eigenvalue weighted by Gasteiger charge is 2.26. The van der Waals surface area contributed by atoms with Crippen molar-refractivity contribution < 1.29 is 23.7 Å². The summed E-state index contributed by atoms with van der Waals surface area (Å²) in [7, 11) is 3.32. The molecule has 0 unspecified atom stereocenters. The zero-order valence-electron chi connectivity index (χ0n) is 24.7. The standard InChI is InChI=1S/C34H37N3O5S/c1-39-28-10-9-27(31(18-28)40-2)20-36(19-26-8-11-30-32(17-26)42-23-41-30)21-33-35-29(22-43-33)34(38)37-14-12-25(13-15-37)16-24-6-4-3-5-7-24/h3-11,17-18,22,25H,12-16,19-21,23H2,1-2H3. The molecule has 9 heteroatoms. The number of fused-ring (bicyclic) bond motifs is 1. The summed E-state index contributed by atoms with van der Waals surface area (Å²) < 4.78 is 22.2. The first kappa shape index (κ1) is 29.0. The van der Waals surface area contributed by atoms with Crippen LogP contribution in [-0.4, -0.2) is 54.8 Å². The number of hydrogen-bond acceptors (Lipinski definition) is 8. The van der Waals surface area contributed by atoms with E-state index in [1.807, 2.05) is 40.6 Å². The molecule has 3 aromatic carbocycles. The number of amides is 1. The van der Waals surface area contributed by atoms with E-state index in [0.717, 1.165) is 71.5 Å². The summed E-state index contributed by atoms with van der Waals surface area (Å²) in [6.45, 7) is 3.66. The van der Waals surface area contributed by atoms with Crippen LogP contribution >= 0.6 is 11.3 Å². The van der Waals surface area contributed by atoms with Gasteiger partial charge in [0, 0.05) is 43.2 Å². The Morgan fingerprint density at radius 2 is 1.74 bits per heavy atom. The number of carbonyl (C=O) groups excluding carboxylic acids is 1. The van der Waals surface area contributed by atoms with Crippen LogP contribution in [0, 0.1) is 5.92 Å². The molecule has 0 atom stereocenters. The van der Waals surface area contributed by atoms with E-state index in [1.54, 1.807) is 14.2 Å². The third kappa shape index (κ3) is 7.12. The number of likely N-dealkylation sites (tertiary alicyclic amines) is 1. The maximum Gasteiger partial charge on any atom is 0.273 e. The quantitative estimate of drug-likeness (QED) is 0.204. The maximum atomic E-state index is 13.4. The number of nitrogens with zero attached hydrogens (tertiary/aromatic N) is 3. The van der Waals surface area contributed by atoms with Gasteiger partial charge in [0.1, 0.15) is 22.2 Å². The van der Waals surface area contributed by atoms with Crippen LogP contribution in [-0.2, 0) is 26.1 Å². The molecular formula is C34H37N3O5S. The van der Waals surface area contributed by atoms with Crippen LogP contribution in [0.15, 0.2) is 72.1 Å². The number of aromatic nitrogens is 1. The molecule has 0 aliphatic carbocycles. The fourth-order valence-electron chi connectivity index (χ4n) is 5.81. The third-order valence-corrected chi connectivity index (χ3v) is 8.96. The van der Waals surface area contributed by atoms with E-state index in [0.29, 0.717) is 31.2 Å². The summed E-state index contributed by atoms with van der Waals surface area (Å²) in [5.74, 6) is 3.67. The Kier molecular flexibility index (Phi) is 9.10. The molecule has 8 nitrogen and oxygen atoms in total. The Balaban J connectivity index is 1.13. The van der Waals surface area contributed by atoms with Crippen molar-refractivity contribution >= 4 is 17.2 Å². The highest BCUT2D eigenvalue weighted by atomic mass is 32.1. The first-order valence-electron chi connectivity index (χ1n) is 14.7. The number of hydrogen-bond donors (Lipinski definition) is 0. The number of piperidine rings is 1. The second-order valence-corrected chi connectivity index (χ2v) is 12.0. The van der Waals surface area contributed by atoms with Crippen molar-refractivity contribution in [3.05, 3.63) is 99.5 Å². The van der Waals surface area contributed by atoms with E-state index in [2.05, 4.69) is 41.3 Å². The van der Waals surface area contributed by atoms with Crippen LogP contribution < -0.4 is 18.9 Å². The number of thiazole rings is 1. The van der Waals surface area contributed by atoms with Gasteiger partial charge >= 0.3 is 0 Å². The fraction of sp³-hybridized carbons (Fsp3) is 0.353. The molecule has 1 saturated heterocycles. The first-order valence-corrected chi connectivity index (χ1v) is 15.6. The van der Waals surface area contributed by atoms with E-state index in [1.165, 1.54) is 16.9 Å². The number of carbonyl (C=O) groups is 1. The van der Waals surface area contributed by atoms with Crippen LogP contribution in [0.25, 0.3) is 0 Å². The lowest BCUT2D eigenvalue weighted by molar-refractivity contribution is 0.0685. The van der Waals surface area contributed by atoms with E-state index < -0.39 is 0 Å². The molecule has 224 valence electrons. The maximum absolute atomic E-state index is 13.4. The Morgan fingerprint density at radius 1 is 0.930 bits per heavy atom. The summed E-state index contributed by atoms with van der Waals surface area (Å²) in [6, 6.07) is 22.5. The van der Waals surface area contributed by atoms with Crippen molar-refractivity contribution in [1.29, 1.82) is 0 Å². The molecule has 0 saturated carbocycles. The molecule has 43 heavy (non-hydrogen) atoms. The van der Waals surface area contributed by atoms with Gasteiger partial charge in [0.25, 0.3) is 5.91 Å². The molecule has 1 aromatic heterocycles. The topological polar surface area (TPSA) is 73.4 Å². The van der Waals surface area contributed by atoms with Crippen molar-refractivity contribution in [3.8, 4) is 23.0 Å². The lowest BCUT2D eigenvalue weighted by atomic mass is 9.90. The van der Waals surface area contributed by atoms with Crippen LogP contribution in [0.4, 0.5) is 0 Å². The highest BCUT2D eigenvalue weighted by molar-refractivity contribution is 7.09. The van der Waals surface area contributed by atoms with E-state index >= 15 is 0 Å². The molecular weight excluding hydrogens is 562 g/mol. The molecule has 0 bridgehead atoms. The van der Waals surface area contributed by atoms with Crippen LogP contribution in [0.3, 0.4) is 0 Å². The van der Waals surface area contributed by atoms with Gasteiger partial charge in [-0.15, -0.1) is 11.3 Å². The Morgan fingerprint density at radius 3 is 2.53 bits per heavy atom. The molecule has 0 radical (unpaired) electrons. The number of ether oxygens (including phenoxy) is 4. The van der Waals surface area contributed by atoms with Crippen molar-refractivity contribution in [2.75, 3.05) is 34.1 Å². The molecule has 6 rings (SSSR count). The van der Waals surface area contributed by atoms with Crippen LogP contribution in [0.1, 0.15) is 45.0 Å². The fourth-order valence-corrected chi connectivity index (χ4v) is 6.62. The number of rotatable bonds is 11. The molecule has 2 aliphatic rings. The molecule has 0 N–H and O–H groups in total. The van der Waals surface area contributed by atoms with Gasteiger partial charge in [-0.1, -0.05) is 42.5 Å². The Labute approximate surface area is 256 Å². The van der Waals surface area contributed by atoms with Gasteiger partial charge in [-0.05, 0) is 54.5 Å². The summed E-state index contributed by atoms with van der Waals surface area (Å²) in [6.07, 6.45) is 3.11. The Bertz CT molecular complexity index is 1530. The minimum atomic E-state index is 0.0276. The van der Waals surface area contributed by atoms with E-state index in [-0.39, 0.29) is 12.7 Å². The summed E-state index contributed by atoms with van der Waals surface area (Å²) in [5.41, 5.74) is 4.04. The average molecular weight is 600 g/mol. The summed E-state index contributed by atoms with van der Waals surface area (Å²) in [5, 5.41) is 2.80. The molecule has 1 fully saturated rings. The largest absolute Gasteiger partial charge is 0.497 e. The second kappa shape index (κ2) is 13.5. The zero-order valence-corrected chi connectivity index (χ0v) is 25.5. The monoisotopic (exact) mass is 599 g/mol. The van der Waals surface area contributed by atoms with Gasteiger partial charge in [0.15, 0.2) is 11.5 Å². The lowest BCUT2D eigenvalue weighted by Crippen LogP contribution is -2.39. The average Bonchev–Trinajstić information content (AvgIpc) is 3.71. The second-order valence-electron chi connectivity index (χ2n) is 11.1. The van der Waals surface area contributed by atoms with Crippen molar-refractivity contribution in [1.82, 2.24) is 14.8 Å². The molecule has 4 aromatic rings. The third-order valence-electron chi connectivity index (χ3n) is 8.13. The minimum Gasteiger partial charge on any atom is -0.497 e. The van der Waals surface area contributed by atoms with E-state index in [9.17, 15) is 4.79 Å². The predicted octanol–water partition coefficient (Wildman–Crippen LogP) is 6.19. The lowest BCUT2D eigenvalue weighted by Gasteiger charge is -2.31. The highest BCUT2D eigenvalue weighted by Crippen LogP contribution is 2.34. The van der Waals surface area contributed by atoms with E-state index in [4.69, 9.17) is 23.9 Å². The SMILES string of the molecule is COc1ccc(CN(Cc2ccc3c(c2)OCO3)Cc2nc(C(=O)N3CCC(Cc4ccccc4)CC3)cs2)c(OC)c1. The normalized spacial score (nSPS) is 14.7. The van der Waals surface area contributed by atoms with Gasteiger partial charge in [0.2, 0.25) is 6.79 Å². The van der Waals surface area contributed by atoms with Crippen molar-refractivity contribution in [2.24, 2.45) is 5.92 Å². The van der Waals surface area contributed by atoms with Gasteiger partial charge in [-0.3, -0.25) is 9.69 Å². The summed E-state index contributed by atoms with van der Waals surface area (Å²) in [4.78, 5) is 22.5. The molecule has 0 spiro atoms.